The van der Waals surface area contributed by atoms with Crippen LogP contribution in [0.5, 0.6) is 17.2 Å². The molecule has 3 aromatic rings. The first-order valence-electron chi connectivity index (χ1n) is 12.3. The third kappa shape index (κ3) is 7.59. The van der Waals surface area contributed by atoms with Gasteiger partial charge in [0, 0.05) is 0 Å². The van der Waals surface area contributed by atoms with Gasteiger partial charge in [0.15, 0.2) is 18.1 Å². The van der Waals surface area contributed by atoms with Crippen LogP contribution in [0.4, 0.5) is 10.5 Å². The van der Waals surface area contributed by atoms with Crippen molar-refractivity contribution in [2.24, 2.45) is 0 Å². The minimum Gasteiger partial charge on any atom is -0.492 e. The number of nitrogens with zero attached hydrogens (tertiary/aromatic N) is 1. The smallest absolute Gasteiger partial charge is 0.293 e. The summed E-state index contributed by atoms with van der Waals surface area (Å²) in [5.41, 5.74) is 2.15. The van der Waals surface area contributed by atoms with Crippen LogP contribution in [-0.2, 0) is 9.59 Å². The maximum Gasteiger partial charge on any atom is 0.293 e. The van der Waals surface area contributed by atoms with Crippen LogP contribution in [0.25, 0.3) is 6.08 Å². The number of hydrogen-bond donors (Lipinski definition) is 1. The first kappa shape index (κ1) is 29.5. The number of benzene rings is 3. The Hall–Kier alpha value is -3.47. The predicted octanol–water partition coefficient (Wildman–Crippen LogP) is 6.94. The van der Waals surface area contributed by atoms with Gasteiger partial charge in [-0.1, -0.05) is 35.9 Å². The van der Waals surface area contributed by atoms with Gasteiger partial charge in [0.1, 0.15) is 12.4 Å². The molecule has 1 heterocycles. The Kier molecular flexibility index (Phi) is 10.1. The number of amides is 3. The molecule has 3 aromatic carbocycles. The molecule has 0 bridgehead atoms. The molecule has 0 aliphatic carbocycles. The number of carbonyl (C=O) groups excluding carboxylic acids is 3. The van der Waals surface area contributed by atoms with Gasteiger partial charge in [-0.05, 0) is 95.1 Å². The fourth-order valence-electron chi connectivity index (χ4n) is 3.76. The summed E-state index contributed by atoms with van der Waals surface area (Å²) < 4.78 is 17.7. The van der Waals surface area contributed by atoms with Crippen molar-refractivity contribution in [3.8, 4) is 17.2 Å². The zero-order chi connectivity index (χ0) is 28.6. The summed E-state index contributed by atoms with van der Waals surface area (Å²) in [4.78, 5) is 39.4. The molecule has 1 aliphatic heterocycles. The Morgan fingerprint density at radius 3 is 2.62 bits per heavy atom. The first-order valence-corrected chi connectivity index (χ1v) is 14.3. The van der Waals surface area contributed by atoms with E-state index in [2.05, 4.69) is 21.2 Å². The standard InChI is InChI=1S/C29H26BrClN2O6S/c1-3-37-24-15-19(14-21(30)27(24)39-17-26(34)32-23-10-5-4-9-22(23)31)16-25-28(35)33(29(36)40-25)11-12-38-20-8-6-7-18(2)13-20/h4-10,13-16H,3,11-12,17H2,1-2H3,(H,32,34)/b25-16-. The summed E-state index contributed by atoms with van der Waals surface area (Å²) in [7, 11) is 0. The van der Waals surface area contributed by atoms with E-state index in [-0.39, 0.29) is 29.9 Å². The molecular weight excluding hydrogens is 620 g/mol. The molecule has 0 saturated carbocycles. The first-order chi connectivity index (χ1) is 19.2. The van der Waals surface area contributed by atoms with E-state index in [0.29, 0.717) is 44.6 Å². The van der Waals surface area contributed by atoms with Crippen LogP contribution in [0.1, 0.15) is 18.1 Å². The van der Waals surface area contributed by atoms with Gasteiger partial charge in [0.05, 0.1) is 33.2 Å². The van der Waals surface area contributed by atoms with Crippen molar-refractivity contribution in [2.45, 2.75) is 13.8 Å². The van der Waals surface area contributed by atoms with Crippen LogP contribution in [0.2, 0.25) is 5.02 Å². The number of nitrogens with one attached hydrogen (secondary N) is 1. The summed E-state index contributed by atoms with van der Waals surface area (Å²) >= 11 is 10.4. The van der Waals surface area contributed by atoms with Gasteiger partial charge in [0.2, 0.25) is 0 Å². The molecular formula is C29H26BrClN2O6S. The van der Waals surface area contributed by atoms with Crippen molar-refractivity contribution in [3.63, 3.8) is 0 Å². The van der Waals surface area contributed by atoms with Gasteiger partial charge in [-0.3, -0.25) is 19.3 Å². The predicted molar refractivity (Wildman–Crippen MR) is 160 cm³/mol. The highest BCUT2D eigenvalue weighted by Crippen LogP contribution is 2.39. The molecule has 0 spiro atoms. The number of anilines is 1. The molecule has 11 heteroatoms. The lowest BCUT2D eigenvalue weighted by Gasteiger charge is -2.15. The molecule has 0 atom stereocenters. The summed E-state index contributed by atoms with van der Waals surface area (Å²) in [6.07, 6.45) is 1.62. The number of hydrogen-bond acceptors (Lipinski definition) is 7. The quantitative estimate of drug-likeness (QED) is 0.226. The monoisotopic (exact) mass is 644 g/mol. The molecule has 1 saturated heterocycles. The molecule has 0 radical (unpaired) electrons. The van der Waals surface area contributed by atoms with Gasteiger partial charge in [0.25, 0.3) is 17.1 Å². The van der Waals surface area contributed by atoms with E-state index < -0.39 is 11.8 Å². The van der Waals surface area contributed by atoms with Crippen molar-refractivity contribution in [1.82, 2.24) is 4.90 Å². The normalized spacial score (nSPS) is 14.0. The summed E-state index contributed by atoms with van der Waals surface area (Å²) in [5, 5.41) is 2.76. The highest BCUT2D eigenvalue weighted by molar-refractivity contribution is 9.10. The minimum atomic E-state index is -0.397. The average Bonchev–Trinajstić information content (AvgIpc) is 3.17. The van der Waals surface area contributed by atoms with E-state index in [4.69, 9.17) is 25.8 Å². The zero-order valence-electron chi connectivity index (χ0n) is 21.7. The van der Waals surface area contributed by atoms with Crippen LogP contribution in [-0.4, -0.2) is 48.3 Å². The van der Waals surface area contributed by atoms with E-state index in [9.17, 15) is 14.4 Å². The number of ether oxygens (including phenoxy) is 3. The number of halogens is 2. The summed E-state index contributed by atoms with van der Waals surface area (Å²) in [6.45, 7) is 4.15. The molecule has 3 amide bonds. The van der Waals surface area contributed by atoms with E-state index >= 15 is 0 Å². The Balaban J connectivity index is 1.42. The molecule has 208 valence electrons. The van der Waals surface area contributed by atoms with Crippen molar-refractivity contribution in [1.29, 1.82) is 0 Å². The van der Waals surface area contributed by atoms with Crippen LogP contribution in [0, 0.1) is 6.92 Å². The van der Waals surface area contributed by atoms with Crippen LogP contribution < -0.4 is 19.5 Å². The van der Waals surface area contributed by atoms with Gasteiger partial charge in [-0.25, -0.2) is 0 Å². The van der Waals surface area contributed by atoms with Crippen molar-refractivity contribution in [2.75, 3.05) is 31.7 Å². The molecule has 40 heavy (non-hydrogen) atoms. The average molecular weight is 646 g/mol. The number of imide groups is 1. The lowest BCUT2D eigenvalue weighted by molar-refractivity contribution is -0.123. The molecule has 4 rings (SSSR count). The van der Waals surface area contributed by atoms with E-state index in [1.165, 1.54) is 4.90 Å². The number of aryl methyl sites for hydroxylation is 1. The number of para-hydroxylation sites is 1. The number of rotatable bonds is 11. The van der Waals surface area contributed by atoms with Gasteiger partial charge < -0.3 is 19.5 Å². The van der Waals surface area contributed by atoms with Gasteiger partial charge in [-0.15, -0.1) is 0 Å². The van der Waals surface area contributed by atoms with Crippen LogP contribution in [0.15, 0.2) is 70.0 Å². The van der Waals surface area contributed by atoms with Crippen molar-refractivity contribution >= 4 is 68.1 Å². The van der Waals surface area contributed by atoms with E-state index in [1.807, 2.05) is 38.1 Å². The fourth-order valence-corrected chi connectivity index (χ4v) is 5.39. The molecule has 0 aromatic heterocycles. The summed E-state index contributed by atoms with van der Waals surface area (Å²) in [6, 6.07) is 17.9. The van der Waals surface area contributed by atoms with Crippen LogP contribution >= 0.6 is 39.3 Å². The maximum absolute atomic E-state index is 13.0. The largest absolute Gasteiger partial charge is 0.492 e. The lowest BCUT2D eigenvalue weighted by atomic mass is 10.2. The highest BCUT2D eigenvalue weighted by atomic mass is 79.9. The third-order valence-electron chi connectivity index (χ3n) is 5.57. The van der Waals surface area contributed by atoms with Crippen LogP contribution in [0.3, 0.4) is 0 Å². The highest BCUT2D eigenvalue weighted by Gasteiger charge is 2.35. The second kappa shape index (κ2) is 13.7. The van der Waals surface area contributed by atoms with Crippen molar-refractivity contribution < 1.29 is 28.6 Å². The fraction of sp³-hybridized carbons (Fsp3) is 0.207. The zero-order valence-corrected chi connectivity index (χ0v) is 24.9. The number of thioether (sulfide) groups is 1. The Bertz CT molecular complexity index is 1460. The van der Waals surface area contributed by atoms with Gasteiger partial charge >= 0.3 is 0 Å². The molecule has 8 nitrogen and oxygen atoms in total. The second-order valence-corrected chi connectivity index (χ2v) is 10.8. The Labute approximate surface area is 249 Å². The van der Waals surface area contributed by atoms with E-state index in [0.717, 1.165) is 17.3 Å². The summed E-state index contributed by atoms with van der Waals surface area (Å²) in [5.74, 6) is 0.591. The molecule has 1 aliphatic rings. The molecule has 0 unspecified atom stereocenters. The minimum absolute atomic E-state index is 0.132. The lowest BCUT2D eigenvalue weighted by Crippen LogP contribution is -2.32. The molecule has 1 fully saturated rings. The van der Waals surface area contributed by atoms with Gasteiger partial charge in [-0.2, -0.15) is 0 Å². The maximum atomic E-state index is 13.0. The molecule has 1 N–H and O–H groups in total. The second-order valence-electron chi connectivity index (χ2n) is 8.58. The van der Waals surface area contributed by atoms with E-state index in [1.54, 1.807) is 42.5 Å². The SMILES string of the molecule is CCOc1cc(/C=C2\SC(=O)N(CCOc3cccc(C)c3)C2=O)cc(Br)c1OCC(=O)Nc1ccccc1Cl. The topological polar surface area (TPSA) is 94.2 Å². The Morgan fingerprint density at radius 2 is 1.88 bits per heavy atom. The third-order valence-corrected chi connectivity index (χ3v) is 7.40. The number of carbonyl (C=O) groups is 3. The van der Waals surface area contributed by atoms with Crippen molar-refractivity contribution in [3.05, 3.63) is 86.2 Å². The Morgan fingerprint density at radius 1 is 1.07 bits per heavy atom.